The first-order valence-electron chi connectivity index (χ1n) is 5.67. The van der Waals surface area contributed by atoms with E-state index in [1.165, 1.54) is 4.90 Å². The molecule has 1 rings (SSSR count). The number of aromatic nitrogens is 1. The van der Waals surface area contributed by atoms with Crippen LogP contribution < -0.4 is 0 Å². The minimum atomic E-state index is -0.913. The molecule has 1 heterocycles. The fourth-order valence-corrected chi connectivity index (χ4v) is 1.55. The molecule has 1 aromatic heterocycles. The topological polar surface area (TPSA) is 71.8 Å². The summed E-state index contributed by atoms with van der Waals surface area (Å²) < 4.78 is 6.76. The van der Waals surface area contributed by atoms with E-state index < -0.39 is 5.97 Å². The Morgan fingerprint density at radius 3 is 2.83 bits per heavy atom. The van der Waals surface area contributed by atoms with E-state index in [9.17, 15) is 9.59 Å². The van der Waals surface area contributed by atoms with Gasteiger partial charge in [0.25, 0.3) is 5.91 Å². The lowest BCUT2D eigenvalue weighted by molar-refractivity contribution is -0.137. The van der Waals surface area contributed by atoms with Crippen LogP contribution in [0.5, 0.6) is 0 Å². The van der Waals surface area contributed by atoms with Gasteiger partial charge in [-0.15, -0.1) is 0 Å². The van der Waals surface area contributed by atoms with E-state index in [2.05, 4.69) is 0 Å². The number of carbonyl (C=O) groups is 2. The van der Waals surface area contributed by atoms with Crippen LogP contribution in [0.2, 0.25) is 0 Å². The van der Waals surface area contributed by atoms with Crippen molar-refractivity contribution in [3.05, 3.63) is 24.0 Å². The molecule has 0 saturated heterocycles. The monoisotopic (exact) mass is 254 g/mol. The van der Waals surface area contributed by atoms with Crippen molar-refractivity contribution < 1.29 is 19.4 Å². The van der Waals surface area contributed by atoms with Crippen LogP contribution in [0.15, 0.2) is 18.3 Å². The summed E-state index contributed by atoms with van der Waals surface area (Å²) in [6, 6.07) is 3.50. The number of rotatable bonds is 7. The molecule has 0 aliphatic carbocycles. The van der Waals surface area contributed by atoms with Gasteiger partial charge in [-0.2, -0.15) is 0 Å². The summed E-state index contributed by atoms with van der Waals surface area (Å²) in [5, 5.41) is 8.59. The van der Waals surface area contributed by atoms with Crippen LogP contribution in [0.1, 0.15) is 16.9 Å². The van der Waals surface area contributed by atoms with Crippen LogP contribution in [-0.2, 0) is 16.1 Å². The van der Waals surface area contributed by atoms with Crippen LogP contribution in [0.3, 0.4) is 0 Å². The van der Waals surface area contributed by atoms with Crippen molar-refractivity contribution in [2.45, 2.75) is 13.0 Å². The van der Waals surface area contributed by atoms with Gasteiger partial charge >= 0.3 is 5.97 Å². The van der Waals surface area contributed by atoms with E-state index in [1.54, 1.807) is 37.1 Å². The first-order chi connectivity index (χ1) is 8.56. The smallest absolute Gasteiger partial charge is 0.305 e. The molecule has 1 N–H and O–H groups in total. The Balaban J connectivity index is 2.65. The number of carboxylic acids is 1. The van der Waals surface area contributed by atoms with E-state index in [0.29, 0.717) is 18.8 Å². The molecule has 0 aliphatic heterocycles. The molecule has 0 atom stereocenters. The second-order valence-corrected chi connectivity index (χ2v) is 3.95. The molecule has 0 saturated carbocycles. The summed E-state index contributed by atoms with van der Waals surface area (Å²) in [5.41, 5.74) is 0.542. The lowest BCUT2D eigenvalue weighted by atomic mass is 10.3. The third-order valence-electron chi connectivity index (χ3n) is 2.59. The standard InChI is InChI=1S/C12H18N2O4/c1-13(7-5-11(15)16)12(17)10-4-3-6-14(10)8-9-18-2/h3-4,6H,5,7-9H2,1-2H3,(H,15,16). The molecule has 1 aromatic rings. The number of amides is 1. The zero-order valence-electron chi connectivity index (χ0n) is 10.6. The predicted molar refractivity (Wildman–Crippen MR) is 65.5 cm³/mol. The van der Waals surface area contributed by atoms with Crippen LogP contribution >= 0.6 is 0 Å². The molecule has 0 unspecified atom stereocenters. The summed E-state index contributed by atoms with van der Waals surface area (Å²) in [4.78, 5) is 23.9. The number of hydrogen-bond donors (Lipinski definition) is 1. The molecule has 0 aliphatic rings. The highest BCUT2D eigenvalue weighted by Gasteiger charge is 2.16. The van der Waals surface area contributed by atoms with Crippen molar-refractivity contribution in [2.75, 3.05) is 27.3 Å². The predicted octanol–water partition coefficient (Wildman–Crippen LogP) is 0.681. The maximum Gasteiger partial charge on any atom is 0.305 e. The summed E-state index contributed by atoms with van der Waals surface area (Å²) >= 11 is 0. The third kappa shape index (κ3) is 3.89. The van der Waals surface area contributed by atoms with Crippen LogP contribution in [0, 0.1) is 0 Å². The highest BCUT2D eigenvalue weighted by Crippen LogP contribution is 2.06. The largest absolute Gasteiger partial charge is 0.481 e. The second kappa shape index (κ2) is 6.80. The van der Waals surface area contributed by atoms with Gasteiger partial charge < -0.3 is 19.3 Å². The Hall–Kier alpha value is -1.82. The normalized spacial score (nSPS) is 10.3. The van der Waals surface area contributed by atoms with Gasteiger partial charge in [-0.25, -0.2) is 0 Å². The highest BCUT2D eigenvalue weighted by molar-refractivity contribution is 5.92. The lowest BCUT2D eigenvalue weighted by Gasteiger charge is -2.17. The summed E-state index contributed by atoms with van der Waals surface area (Å²) in [5.74, 6) is -1.10. The van der Waals surface area contributed by atoms with Crippen molar-refractivity contribution in [2.24, 2.45) is 0 Å². The maximum atomic E-state index is 12.1. The van der Waals surface area contributed by atoms with E-state index in [-0.39, 0.29) is 18.9 Å². The molecule has 0 spiro atoms. The molecule has 6 nitrogen and oxygen atoms in total. The number of methoxy groups -OCH3 is 1. The average molecular weight is 254 g/mol. The van der Waals surface area contributed by atoms with Gasteiger partial charge in [-0.1, -0.05) is 0 Å². The van der Waals surface area contributed by atoms with Crippen LogP contribution in [0.25, 0.3) is 0 Å². The van der Waals surface area contributed by atoms with Crippen molar-refractivity contribution in [1.29, 1.82) is 0 Å². The fraction of sp³-hybridized carbons (Fsp3) is 0.500. The number of aliphatic carboxylic acids is 1. The van der Waals surface area contributed by atoms with Gasteiger partial charge in [-0.05, 0) is 12.1 Å². The van der Waals surface area contributed by atoms with Gasteiger partial charge in [0, 0.05) is 33.4 Å². The SMILES string of the molecule is COCCn1cccc1C(=O)N(C)CCC(=O)O. The number of nitrogens with zero attached hydrogens (tertiary/aromatic N) is 2. The first-order valence-corrected chi connectivity index (χ1v) is 5.67. The van der Waals surface area contributed by atoms with E-state index in [1.807, 2.05) is 0 Å². The van der Waals surface area contributed by atoms with Crippen LogP contribution in [0.4, 0.5) is 0 Å². The fourth-order valence-electron chi connectivity index (χ4n) is 1.55. The zero-order chi connectivity index (χ0) is 13.5. The van der Waals surface area contributed by atoms with Gasteiger partial charge in [0.2, 0.25) is 0 Å². The first kappa shape index (κ1) is 14.2. The molecular formula is C12H18N2O4. The molecule has 0 fully saturated rings. The van der Waals surface area contributed by atoms with Crippen molar-refractivity contribution in [3.63, 3.8) is 0 Å². The van der Waals surface area contributed by atoms with E-state index >= 15 is 0 Å². The molecular weight excluding hydrogens is 236 g/mol. The Labute approximate surface area is 106 Å². The Kier molecular flexibility index (Phi) is 5.38. The third-order valence-corrected chi connectivity index (χ3v) is 2.59. The van der Waals surface area contributed by atoms with Gasteiger partial charge in [0.15, 0.2) is 0 Å². The Morgan fingerprint density at radius 2 is 2.22 bits per heavy atom. The van der Waals surface area contributed by atoms with Crippen molar-refractivity contribution >= 4 is 11.9 Å². The van der Waals surface area contributed by atoms with Crippen molar-refractivity contribution in [3.8, 4) is 0 Å². The van der Waals surface area contributed by atoms with Gasteiger partial charge in [0.1, 0.15) is 5.69 Å². The summed E-state index contributed by atoms with van der Waals surface area (Å²) in [6.07, 6.45) is 1.75. The Bertz CT molecular complexity index is 414. The number of hydrogen-bond acceptors (Lipinski definition) is 3. The zero-order valence-corrected chi connectivity index (χ0v) is 10.6. The van der Waals surface area contributed by atoms with Gasteiger partial charge in [0.05, 0.1) is 13.0 Å². The second-order valence-electron chi connectivity index (χ2n) is 3.95. The van der Waals surface area contributed by atoms with E-state index in [4.69, 9.17) is 9.84 Å². The molecule has 0 bridgehead atoms. The average Bonchev–Trinajstić information content (AvgIpc) is 2.80. The molecule has 0 aromatic carbocycles. The quantitative estimate of drug-likeness (QED) is 0.776. The molecule has 1 amide bonds. The highest BCUT2D eigenvalue weighted by atomic mass is 16.5. The lowest BCUT2D eigenvalue weighted by Crippen LogP contribution is -2.30. The summed E-state index contributed by atoms with van der Waals surface area (Å²) in [6.45, 7) is 1.31. The van der Waals surface area contributed by atoms with Gasteiger partial charge in [-0.3, -0.25) is 9.59 Å². The summed E-state index contributed by atoms with van der Waals surface area (Å²) in [7, 11) is 3.20. The van der Waals surface area contributed by atoms with Crippen molar-refractivity contribution in [1.82, 2.24) is 9.47 Å². The minimum absolute atomic E-state index is 0.0545. The number of carbonyl (C=O) groups excluding carboxylic acids is 1. The van der Waals surface area contributed by atoms with E-state index in [0.717, 1.165) is 0 Å². The Morgan fingerprint density at radius 1 is 1.50 bits per heavy atom. The molecule has 6 heteroatoms. The minimum Gasteiger partial charge on any atom is -0.481 e. The number of ether oxygens (including phenoxy) is 1. The van der Waals surface area contributed by atoms with Crippen LogP contribution in [-0.4, -0.2) is 53.8 Å². The molecule has 18 heavy (non-hydrogen) atoms. The molecule has 100 valence electrons. The number of carboxylic acid groups (broad SMARTS) is 1. The molecule has 0 radical (unpaired) electrons. The maximum absolute atomic E-state index is 12.1.